The fourth-order valence-corrected chi connectivity index (χ4v) is 3.16. The van der Waals surface area contributed by atoms with Crippen molar-refractivity contribution in [2.45, 2.75) is 38.2 Å². The number of ether oxygens (including phenoxy) is 1. The maximum absolute atomic E-state index is 12.1. The molecule has 0 aromatic carbocycles. The van der Waals surface area contributed by atoms with Crippen LogP contribution in [0.4, 0.5) is 0 Å². The van der Waals surface area contributed by atoms with Gasteiger partial charge in [-0.15, -0.1) is 23.7 Å². The lowest BCUT2D eigenvalue weighted by atomic mass is 10.1. The Balaban J connectivity index is 0.00000220. The van der Waals surface area contributed by atoms with Gasteiger partial charge < -0.3 is 15.4 Å². The second-order valence-corrected chi connectivity index (χ2v) is 6.20. The topological polar surface area (TPSA) is 55.6 Å². The number of thiophene rings is 1. The van der Waals surface area contributed by atoms with Crippen LogP contribution in [0.15, 0.2) is 17.5 Å². The summed E-state index contributed by atoms with van der Waals surface area (Å²) in [4.78, 5) is 15.4. The van der Waals surface area contributed by atoms with Crippen LogP contribution in [-0.2, 0) is 16.0 Å². The summed E-state index contributed by atoms with van der Waals surface area (Å²) in [5.74, 6) is 0.277. The van der Waals surface area contributed by atoms with E-state index in [1.165, 1.54) is 4.88 Å². The van der Waals surface area contributed by atoms with Gasteiger partial charge in [-0.2, -0.15) is 0 Å². The van der Waals surface area contributed by atoms with Crippen LogP contribution >= 0.6 is 23.7 Å². The SMILES string of the molecule is Cl.NCCCOC1CCN(C(=O)CCc2cccs2)CC1. The van der Waals surface area contributed by atoms with E-state index >= 15 is 0 Å². The molecule has 21 heavy (non-hydrogen) atoms. The molecule has 0 unspecified atom stereocenters. The number of carbonyl (C=O) groups excluding carboxylic acids is 1. The van der Waals surface area contributed by atoms with Crippen molar-refractivity contribution in [1.82, 2.24) is 4.90 Å². The third-order valence-corrected chi connectivity index (χ3v) is 4.60. The van der Waals surface area contributed by atoms with Crippen LogP contribution in [-0.4, -0.2) is 43.2 Å². The highest BCUT2D eigenvalue weighted by Crippen LogP contribution is 2.16. The van der Waals surface area contributed by atoms with Crippen molar-refractivity contribution in [2.75, 3.05) is 26.2 Å². The molecule has 1 saturated heterocycles. The second-order valence-electron chi connectivity index (χ2n) is 5.17. The largest absolute Gasteiger partial charge is 0.378 e. The summed E-state index contributed by atoms with van der Waals surface area (Å²) in [6.07, 6.45) is 4.62. The molecule has 2 rings (SSSR count). The van der Waals surface area contributed by atoms with Crippen molar-refractivity contribution in [3.63, 3.8) is 0 Å². The van der Waals surface area contributed by atoms with E-state index in [0.29, 0.717) is 19.1 Å². The number of halogens is 1. The third-order valence-electron chi connectivity index (χ3n) is 3.66. The van der Waals surface area contributed by atoms with Gasteiger partial charge in [0, 0.05) is 31.0 Å². The van der Waals surface area contributed by atoms with E-state index in [1.54, 1.807) is 11.3 Å². The van der Waals surface area contributed by atoms with Crippen molar-refractivity contribution in [1.29, 1.82) is 0 Å². The summed E-state index contributed by atoms with van der Waals surface area (Å²) in [5, 5.41) is 2.06. The Morgan fingerprint density at radius 2 is 2.19 bits per heavy atom. The zero-order valence-electron chi connectivity index (χ0n) is 12.3. The van der Waals surface area contributed by atoms with Gasteiger partial charge in [0.1, 0.15) is 0 Å². The number of hydrogen-bond acceptors (Lipinski definition) is 4. The molecule has 1 aliphatic heterocycles. The lowest BCUT2D eigenvalue weighted by Crippen LogP contribution is -2.41. The molecule has 120 valence electrons. The number of carbonyl (C=O) groups is 1. The van der Waals surface area contributed by atoms with Gasteiger partial charge in [-0.05, 0) is 43.7 Å². The fraction of sp³-hybridized carbons (Fsp3) is 0.667. The van der Waals surface area contributed by atoms with E-state index < -0.39 is 0 Å². The van der Waals surface area contributed by atoms with Gasteiger partial charge in [0.2, 0.25) is 5.91 Å². The molecule has 1 amide bonds. The smallest absolute Gasteiger partial charge is 0.222 e. The van der Waals surface area contributed by atoms with Crippen molar-refractivity contribution >= 4 is 29.7 Å². The highest BCUT2D eigenvalue weighted by atomic mass is 35.5. The summed E-state index contributed by atoms with van der Waals surface area (Å²) < 4.78 is 5.75. The Morgan fingerprint density at radius 3 is 2.81 bits per heavy atom. The van der Waals surface area contributed by atoms with Gasteiger partial charge in [-0.25, -0.2) is 0 Å². The van der Waals surface area contributed by atoms with Gasteiger partial charge in [-0.3, -0.25) is 4.79 Å². The monoisotopic (exact) mass is 332 g/mol. The molecule has 0 bridgehead atoms. The number of nitrogens with zero attached hydrogens (tertiary/aromatic N) is 1. The predicted octanol–water partition coefficient (Wildman–Crippen LogP) is 2.46. The first-order chi connectivity index (χ1) is 9.79. The highest BCUT2D eigenvalue weighted by Gasteiger charge is 2.22. The normalized spacial score (nSPS) is 15.8. The minimum Gasteiger partial charge on any atom is -0.378 e. The molecule has 0 spiro atoms. The van der Waals surface area contributed by atoms with Crippen LogP contribution in [0.5, 0.6) is 0 Å². The van der Waals surface area contributed by atoms with Crippen LogP contribution in [0.1, 0.15) is 30.6 Å². The number of amides is 1. The van der Waals surface area contributed by atoms with E-state index in [1.807, 2.05) is 11.0 Å². The van der Waals surface area contributed by atoms with E-state index in [9.17, 15) is 4.79 Å². The van der Waals surface area contributed by atoms with Crippen molar-refractivity contribution < 1.29 is 9.53 Å². The Hall–Kier alpha value is -0.620. The van der Waals surface area contributed by atoms with Gasteiger partial charge in [0.25, 0.3) is 0 Å². The molecular weight excluding hydrogens is 308 g/mol. The molecule has 1 fully saturated rings. The summed E-state index contributed by atoms with van der Waals surface area (Å²) in [6.45, 7) is 3.08. The zero-order chi connectivity index (χ0) is 14.2. The van der Waals surface area contributed by atoms with Gasteiger partial charge in [0.05, 0.1) is 6.10 Å². The van der Waals surface area contributed by atoms with Crippen molar-refractivity contribution in [2.24, 2.45) is 5.73 Å². The Bertz CT molecular complexity index is 392. The molecule has 2 heterocycles. The maximum Gasteiger partial charge on any atom is 0.222 e. The van der Waals surface area contributed by atoms with E-state index in [2.05, 4.69) is 11.4 Å². The molecule has 0 aliphatic carbocycles. The highest BCUT2D eigenvalue weighted by molar-refractivity contribution is 7.09. The standard InChI is InChI=1S/C15H24N2O2S.ClH/c16-8-2-11-19-13-6-9-17(10-7-13)15(18)5-4-14-3-1-12-20-14;/h1,3,12-13H,2,4-11,16H2;1H. The molecule has 6 heteroatoms. The van der Waals surface area contributed by atoms with E-state index in [0.717, 1.165) is 45.4 Å². The summed E-state index contributed by atoms with van der Waals surface area (Å²) in [6, 6.07) is 4.13. The number of likely N-dealkylation sites (tertiary alicyclic amines) is 1. The average Bonchev–Trinajstić information content (AvgIpc) is 2.99. The van der Waals surface area contributed by atoms with Crippen LogP contribution < -0.4 is 5.73 Å². The third kappa shape index (κ3) is 6.34. The molecule has 1 aromatic heterocycles. The quantitative estimate of drug-likeness (QED) is 0.780. The Kier molecular flexibility index (Phi) is 8.92. The predicted molar refractivity (Wildman–Crippen MR) is 89.1 cm³/mol. The first-order valence-corrected chi connectivity index (χ1v) is 8.29. The maximum atomic E-state index is 12.1. The number of piperidine rings is 1. The van der Waals surface area contributed by atoms with Crippen LogP contribution in [0.25, 0.3) is 0 Å². The van der Waals surface area contributed by atoms with Crippen LogP contribution in [0.2, 0.25) is 0 Å². The molecule has 0 radical (unpaired) electrons. The summed E-state index contributed by atoms with van der Waals surface area (Å²) in [7, 11) is 0. The first kappa shape index (κ1) is 18.4. The Morgan fingerprint density at radius 1 is 1.43 bits per heavy atom. The second kappa shape index (κ2) is 10.2. The molecule has 0 saturated carbocycles. The number of hydrogen-bond donors (Lipinski definition) is 1. The number of rotatable bonds is 7. The van der Waals surface area contributed by atoms with Gasteiger partial charge in [0.15, 0.2) is 0 Å². The Labute approximate surface area is 137 Å². The molecule has 1 aromatic rings. The minimum atomic E-state index is 0. The number of aryl methyl sites for hydroxylation is 1. The number of nitrogens with two attached hydrogens (primary N) is 1. The molecule has 0 atom stereocenters. The van der Waals surface area contributed by atoms with Crippen molar-refractivity contribution in [3.8, 4) is 0 Å². The molecule has 4 nitrogen and oxygen atoms in total. The molecular formula is C15H25ClN2O2S. The molecule has 1 aliphatic rings. The lowest BCUT2D eigenvalue weighted by Gasteiger charge is -2.32. The lowest BCUT2D eigenvalue weighted by molar-refractivity contribution is -0.133. The van der Waals surface area contributed by atoms with E-state index in [-0.39, 0.29) is 18.3 Å². The zero-order valence-corrected chi connectivity index (χ0v) is 14.0. The van der Waals surface area contributed by atoms with Crippen LogP contribution in [0, 0.1) is 0 Å². The van der Waals surface area contributed by atoms with E-state index in [4.69, 9.17) is 10.5 Å². The first-order valence-electron chi connectivity index (χ1n) is 7.41. The average molecular weight is 333 g/mol. The summed E-state index contributed by atoms with van der Waals surface area (Å²) in [5.41, 5.74) is 5.45. The minimum absolute atomic E-state index is 0. The fourth-order valence-electron chi connectivity index (χ4n) is 2.45. The van der Waals surface area contributed by atoms with Crippen molar-refractivity contribution in [3.05, 3.63) is 22.4 Å². The van der Waals surface area contributed by atoms with Crippen LogP contribution in [0.3, 0.4) is 0 Å². The molecule has 2 N–H and O–H groups in total. The van der Waals surface area contributed by atoms with Gasteiger partial charge >= 0.3 is 0 Å². The summed E-state index contributed by atoms with van der Waals surface area (Å²) >= 11 is 1.72. The van der Waals surface area contributed by atoms with Gasteiger partial charge in [-0.1, -0.05) is 6.07 Å².